The smallest absolute Gasteiger partial charge is 0.0594 e. The van der Waals surface area contributed by atoms with Crippen LogP contribution in [-0.4, -0.2) is 74.4 Å². The SMILES string of the molecule is C1CC(NC2CC2)CN(CCCN2CCOCC2)C1. The van der Waals surface area contributed by atoms with Gasteiger partial charge in [-0.15, -0.1) is 0 Å². The van der Waals surface area contributed by atoms with Gasteiger partial charge in [0.25, 0.3) is 0 Å². The van der Waals surface area contributed by atoms with Gasteiger partial charge in [-0.3, -0.25) is 4.90 Å². The zero-order valence-electron chi connectivity index (χ0n) is 12.1. The van der Waals surface area contributed by atoms with Crippen LogP contribution in [0.1, 0.15) is 32.1 Å². The predicted octanol–water partition coefficient (Wildman–Crippen LogP) is 0.925. The standard InChI is InChI=1S/C15H29N3O/c1-3-15(16-14-4-5-14)13-18(6-1)8-2-7-17-9-11-19-12-10-17/h14-16H,1-13H2. The number of nitrogens with zero attached hydrogens (tertiary/aromatic N) is 2. The third-order valence-electron chi connectivity index (χ3n) is 4.61. The van der Waals surface area contributed by atoms with Gasteiger partial charge in [-0.1, -0.05) is 0 Å². The van der Waals surface area contributed by atoms with E-state index in [0.29, 0.717) is 0 Å². The molecule has 0 aromatic carbocycles. The lowest BCUT2D eigenvalue weighted by Crippen LogP contribution is -2.47. The summed E-state index contributed by atoms with van der Waals surface area (Å²) in [5.74, 6) is 0. The topological polar surface area (TPSA) is 27.7 Å². The third kappa shape index (κ3) is 4.71. The number of piperidine rings is 1. The molecule has 1 saturated carbocycles. The first-order chi connectivity index (χ1) is 9.40. The minimum Gasteiger partial charge on any atom is -0.379 e. The normalized spacial score (nSPS) is 30.6. The van der Waals surface area contributed by atoms with Crippen LogP contribution in [0.5, 0.6) is 0 Å². The van der Waals surface area contributed by atoms with Crippen LogP contribution in [0, 0.1) is 0 Å². The fourth-order valence-corrected chi connectivity index (χ4v) is 3.32. The van der Waals surface area contributed by atoms with E-state index in [1.807, 2.05) is 0 Å². The first-order valence-corrected chi connectivity index (χ1v) is 8.19. The lowest BCUT2D eigenvalue weighted by atomic mass is 10.1. The summed E-state index contributed by atoms with van der Waals surface area (Å²) in [5, 5.41) is 3.79. The number of morpholine rings is 1. The molecule has 2 saturated heterocycles. The van der Waals surface area contributed by atoms with Crippen molar-refractivity contribution in [1.82, 2.24) is 15.1 Å². The van der Waals surface area contributed by atoms with E-state index in [-0.39, 0.29) is 0 Å². The Balaban J connectivity index is 1.30. The molecule has 0 spiro atoms. The molecule has 3 rings (SSSR count). The number of likely N-dealkylation sites (tertiary alicyclic amines) is 1. The zero-order chi connectivity index (χ0) is 12.9. The molecule has 4 heteroatoms. The first-order valence-electron chi connectivity index (χ1n) is 8.19. The van der Waals surface area contributed by atoms with Crippen LogP contribution < -0.4 is 5.32 Å². The third-order valence-corrected chi connectivity index (χ3v) is 4.61. The molecule has 2 heterocycles. The maximum atomic E-state index is 5.39. The largest absolute Gasteiger partial charge is 0.379 e. The van der Waals surface area contributed by atoms with Gasteiger partial charge in [0.1, 0.15) is 0 Å². The number of nitrogens with one attached hydrogen (secondary N) is 1. The van der Waals surface area contributed by atoms with E-state index in [1.165, 1.54) is 58.3 Å². The van der Waals surface area contributed by atoms with Crippen LogP contribution in [-0.2, 0) is 4.74 Å². The Bertz CT molecular complexity index is 264. The molecule has 0 aromatic rings. The fourth-order valence-electron chi connectivity index (χ4n) is 3.32. The van der Waals surface area contributed by atoms with E-state index >= 15 is 0 Å². The molecule has 0 amide bonds. The molecule has 2 aliphatic heterocycles. The average Bonchev–Trinajstić information content (AvgIpc) is 3.24. The number of hydrogen-bond donors (Lipinski definition) is 1. The summed E-state index contributed by atoms with van der Waals surface area (Å²) in [6, 6.07) is 1.63. The molecule has 110 valence electrons. The van der Waals surface area contributed by atoms with Gasteiger partial charge in [-0.2, -0.15) is 0 Å². The fraction of sp³-hybridized carbons (Fsp3) is 1.00. The molecular weight excluding hydrogens is 238 g/mol. The Morgan fingerprint density at radius 1 is 0.895 bits per heavy atom. The van der Waals surface area contributed by atoms with Gasteiger partial charge in [0.05, 0.1) is 13.2 Å². The molecule has 0 bridgehead atoms. The van der Waals surface area contributed by atoms with Crippen molar-refractivity contribution in [3.05, 3.63) is 0 Å². The van der Waals surface area contributed by atoms with E-state index in [1.54, 1.807) is 0 Å². The molecule has 3 aliphatic rings. The summed E-state index contributed by atoms with van der Waals surface area (Å²) in [5.41, 5.74) is 0. The second-order valence-electron chi connectivity index (χ2n) is 6.39. The molecule has 0 radical (unpaired) electrons. The van der Waals surface area contributed by atoms with Crippen LogP contribution >= 0.6 is 0 Å². The van der Waals surface area contributed by atoms with Crippen LogP contribution in [0.15, 0.2) is 0 Å². The van der Waals surface area contributed by atoms with E-state index in [0.717, 1.165) is 38.4 Å². The molecular formula is C15H29N3O. The summed E-state index contributed by atoms with van der Waals surface area (Å²) < 4.78 is 5.39. The predicted molar refractivity (Wildman–Crippen MR) is 77.5 cm³/mol. The average molecular weight is 267 g/mol. The molecule has 3 fully saturated rings. The van der Waals surface area contributed by atoms with E-state index in [9.17, 15) is 0 Å². The van der Waals surface area contributed by atoms with E-state index in [4.69, 9.17) is 4.74 Å². The van der Waals surface area contributed by atoms with E-state index < -0.39 is 0 Å². The maximum Gasteiger partial charge on any atom is 0.0594 e. The highest BCUT2D eigenvalue weighted by Crippen LogP contribution is 2.22. The Morgan fingerprint density at radius 3 is 2.47 bits per heavy atom. The maximum absolute atomic E-state index is 5.39. The van der Waals surface area contributed by atoms with Crippen LogP contribution in [0.25, 0.3) is 0 Å². The van der Waals surface area contributed by atoms with Crippen molar-refractivity contribution in [3.63, 3.8) is 0 Å². The Labute approximate surface area is 117 Å². The Kier molecular flexibility index (Phi) is 5.10. The molecule has 1 N–H and O–H groups in total. The van der Waals surface area contributed by atoms with Crippen molar-refractivity contribution in [2.75, 3.05) is 52.5 Å². The van der Waals surface area contributed by atoms with Crippen LogP contribution in [0.4, 0.5) is 0 Å². The molecule has 1 aliphatic carbocycles. The van der Waals surface area contributed by atoms with Gasteiger partial charge in [-0.05, 0) is 51.7 Å². The monoisotopic (exact) mass is 267 g/mol. The molecule has 0 aromatic heterocycles. The summed E-state index contributed by atoms with van der Waals surface area (Å²) in [6.45, 7) is 9.23. The van der Waals surface area contributed by atoms with Gasteiger partial charge in [0.2, 0.25) is 0 Å². The summed E-state index contributed by atoms with van der Waals surface area (Å²) in [6.07, 6.45) is 6.90. The minimum atomic E-state index is 0.768. The summed E-state index contributed by atoms with van der Waals surface area (Å²) in [4.78, 5) is 5.22. The van der Waals surface area contributed by atoms with Crippen molar-refractivity contribution in [2.45, 2.75) is 44.2 Å². The summed E-state index contributed by atoms with van der Waals surface area (Å²) >= 11 is 0. The summed E-state index contributed by atoms with van der Waals surface area (Å²) in [7, 11) is 0. The van der Waals surface area contributed by atoms with Gasteiger partial charge in [0, 0.05) is 31.7 Å². The first kappa shape index (κ1) is 13.8. The lowest BCUT2D eigenvalue weighted by Gasteiger charge is -2.34. The highest BCUT2D eigenvalue weighted by molar-refractivity contribution is 4.88. The highest BCUT2D eigenvalue weighted by Gasteiger charge is 2.27. The van der Waals surface area contributed by atoms with Crippen molar-refractivity contribution < 1.29 is 4.74 Å². The zero-order valence-corrected chi connectivity index (χ0v) is 12.1. The second kappa shape index (κ2) is 7.02. The van der Waals surface area contributed by atoms with Crippen LogP contribution in [0.3, 0.4) is 0 Å². The van der Waals surface area contributed by atoms with Gasteiger partial charge >= 0.3 is 0 Å². The Hall–Kier alpha value is -0.160. The number of ether oxygens (including phenoxy) is 1. The van der Waals surface area contributed by atoms with Gasteiger partial charge in [0.15, 0.2) is 0 Å². The van der Waals surface area contributed by atoms with Crippen LogP contribution in [0.2, 0.25) is 0 Å². The van der Waals surface area contributed by atoms with Gasteiger partial charge < -0.3 is 15.0 Å². The molecule has 1 atom stereocenters. The molecule has 19 heavy (non-hydrogen) atoms. The second-order valence-corrected chi connectivity index (χ2v) is 6.39. The lowest BCUT2D eigenvalue weighted by molar-refractivity contribution is 0.0356. The minimum absolute atomic E-state index is 0.768. The van der Waals surface area contributed by atoms with Gasteiger partial charge in [-0.25, -0.2) is 0 Å². The molecule has 4 nitrogen and oxygen atoms in total. The number of hydrogen-bond acceptors (Lipinski definition) is 4. The number of rotatable bonds is 6. The van der Waals surface area contributed by atoms with Crippen molar-refractivity contribution in [2.24, 2.45) is 0 Å². The van der Waals surface area contributed by atoms with Crippen molar-refractivity contribution >= 4 is 0 Å². The highest BCUT2D eigenvalue weighted by atomic mass is 16.5. The Morgan fingerprint density at radius 2 is 1.68 bits per heavy atom. The van der Waals surface area contributed by atoms with E-state index in [2.05, 4.69) is 15.1 Å². The van der Waals surface area contributed by atoms with Crippen molar-refractivity contribution in [1.29, 1.82) is 0 Å². The quantitative estimate of drug-likeness (QED) is 0.775. The van der Waals surface area contributed by atoms with Crippen molar-refractivity contribution in [3.8, 4) is 0 Å². The molecule has 1 unspecified atom stereocenters.